The van der Waals surface area contributed by atoms with Crippen molar-refractivity contribution in [2.45, 2.75) is 25.7 Å². The maximum absolute atomic E-state index is 9.70. The van der Waals surface area contributed by atoms with Crippen molar-refractivity contribution in [1.82, 2.24) is 4.98 Å². The van der Waals surface area contributed by atoms with Crippen molar-refractivity contribution >= 4 is 10.9 Å². The first-order chi connectivity index (χ1) is 7.25. The second kappa shape index (κ2) is 3.02. The molecule has 2 N–H and O–H groups in total. The summed E-state index contributed by atoms with van der Waals surface area (Å²) in [7, 11) is 0. The molecule has 1 aliphatic rings. The second-order valence-corrected chi connectivity index (χ2v) is 4.59. The van der Waals surface area contributed by atoms with Gasteiger partial charge in [0.05, 0.1) is 0 Å². The number of aromatic hydroxyl groups is 1. The molecule has 0 bridgehead atoms. The van der Waals surface area contributed by atoms with Gasteiger partial charge in [-0.15, -0.1) is 0 Å². The number of nitrogens with one attached hydrogen (secondary N) is 1. The molecule has 15 heavy (non-hydrogen) atoms. The fourth-order valence-electron chi connectivity index (χ4n) is 2.26. The van der Waals surface area contributed by atoms with E-state index in [0.717, 1.165) is 16.8 Å². The number of aromatic amines is 1. The van der Waals surface area contributed by atoms with E-state index in [0.29, 0.717) is 11.7 Å². The van der Waals surface area contributed by atoms with Crippen LogP contribution >= 0.6 is 0 Å². The number of benzene rings is 1. The van der Waals surface area contributed by atoms with Crippen LogP contribution < -0.4 is 0 Å². The van der Waals surface area contributed by atoms with E-state index in [2.05, 4.69) is 18.0 Å². The van der Waals surface area contributed by atoms with E-state index in [1.807, 2.05) is 12.1 Å². The van der Waals surface area contributed by atoms with Gasteiger partial charge in [0.1, 0.15) is 5.75 Å². The van der Waals surface area contributed by atoms with Gasteiger partial charge in [-0.25, -0.2) is 0 Å². The van der Waals surface area contributed by atoms with Crippen molar-refractivity contribution in [3.8, 4) is 5.75 Å². The zero-order valence-electron chi connectivity index (χ0n) is 8.83. The first-order valence-electron chi connectivity index (χ1n) is 5.56. The average Bonchev–Trinajstić information content (AvgIpc) is 2.97. The van der Waals surface area contributed by atoms with Gasteiger partial charge in [-0.3, -0.25) is 0 Å². The molecular weight excluding hydrogens is 186 g/mol. The standard InChI is InChI=1S/C13H15NO/c1-8(9-5-6-9)12-7-10-11(14-12)3-2-4-13(10)15/h2-4,7-9,14-15H,5-6H2,1H3. The Morgan fingerprint density at radius 3 is 2.87 bits per heavy atom. The van der Waals surface area contributed by atoms with Crippen molar-refractivity contribution in [2.75, 3.05) is 0 Å². The van der Waals surface area contributed by atoms with Gasteiger partial charge in [0, 0.05) is 16.6 Å². The molecule has 1 fully saturated rings. The predicted octanol–water partition coefficient (Wildman–Crippen LogP) is 3.39. The number of rotatable bonds is 2. The molecule has 0 amide bonds. The molecule has 2 aromatic rings. The molecule has 1 heterocycles. The number of phenolic OH excluding ortho intramolecular Hbond substituents is 1. The molecular formula is C13H15NO. The zero-order valence-corrected chi connectivity index (χ0v) is 8.83. The van der Waals surface area contributed by atoms with E-state index < -0.39 is 0 Å². The molecule has 1 aromatic heterocycles. The molecule has 1 aliphatic carbocycles. The summed E-state index contributed by atoms with van der Waals surface area (Å²) in [5, 5.41) is 10.6. The normalized spacial score (nSPS) is 18.2. The van der Waals surface area contributed by atoms with Crippen LogP contribution in [0.25, 0.3) is 10.9 Å². The molecule has 0 spiro atoms. The lowest BCUT2D eigenvalue weighted by Gasteiger charge is -2.05. The van der Waals surface area contributed by atoms with Crippen LogP contribution in [0.15, 0.2) is 24.3 Å². The third-order valence-corrected chi connectivity index (χ3v) is 3.48. The lowest BCUT2D eigenvalue weighted by molar-refractivity contribution is 0.481. The van der Waals surface area contributed by atoms with Crippen molar-refractivity contribution < 1.29 is 5.11 Å². The first kappa shape index (κ1) is 8.84. The highest BCUT2D eigenvalue weighted by Gasteiger charge is 2.29. The number of hydrogen-bond acceptors (Lipinski definition) is 1. The maximum Gasteiger partial charge on any atom is 0.124 e. The van der Waals surface area contributed by atoms with Gasteiger partial charge in [0.2, 0.25) is 0 Å². The highest BCUT2D eigenvalue weighted by molar-refractivity contribution is 5.86. The van der Waals surface area contributed by atoms with Crippen LogP contribution in [0.2, 0.25) is 0 Å². The summed E-state index contributed by atoms with van der Waals surface area (Å²) in [5.41, 5.74) is 2.30. The van der Waals surface area contributed by atoms with Gasteiger partial charge in [-0.2, -0.15) is 0 Å². The molecule has 0 radical (unpaired) electrons. The van der Waals surface area contributed by atoms with Crippen molar-refractivity contribution in [3.63, 3.8) is 0 Å². The van der Waals surface area contributed by atoms with Crippen molar-refractivity contribution in [1.29, 1.82) is 0 Å². The van der Waals surface area contributed by atoms with Crippen LogP contribution in [-0.2, 0) is 0 Å². The van der Waals surface area contributed by atoms with Crippen LogP contribution in [0.5, 0.6) is 5.75 Å². The van der Waals surface area contributed by atoms with Crippen LogP contribution in [0.3, 0.4) is 0 Å². The summed E-state index contributed by atoms with van der Waals surface area (Å²) >= 11 is 0. The van der Waals surface area contributed by atoms with E-state index in [1.165, 1.54) is 18.5 Å². The molecule has 0 saturated heterocycles. The smallest absolute Gasteiger partial charge is 0.124 e. The number of phenols is 1. The van der Waals surface area contributed by atoms with Gasteiger partial charge in [-0.1, -0.05) is 13.0 Å². The van der Waals surface area contributed by atoms with Crippen molar-refractivity contribution in [3.05, 3.63) is 30.0 Å². The zero-order chi connectivity index (χ0) is 10.4. The summed E-state index contributed by atoms with van der Waals surface area (Å²) in [6, 6.07) is 7.72. The maximum atomic E-state index is 9.70. The van der Waals surface area contributed by atoms with E-state index >= 15 is 0 Å². The van der Waals surface area contributed by atoms with Crippen LogP contribution in [-0.4, -0.2) is 10.1 Å². The Morgan fingerprint density at radius 1 is 1.40 bits per heavy atom. The summed E-state index contributed by atoms with van der Waals surface area (Å²) < 4.78 is 0. The molecule has 1 atom stereocenters. The minimum absolute atomic E-state index is 0.373. The first-order valence-corrected chi connectivity index (χ1v) is 5.56. The minimum Gasteiger partial charge on any atom is -0.507 e. The Kier molecular flexibility index (Phi) is 1.78. The Balaban J connectivity index is 2.09. The van der Waals surface area contributed by atoms with Gasteiger partial charge >= 0.3 is 0 Å². The Hall–Kier alpha value is -1.44. The lowest BCUT2D eigenvalue weighted by atomic mass is 10.0. The van der Waals surface area contributed by atoms with Gasteiger partial charge in [0.15, 0.2) is 0 Å². The van der Waals surface area contributed by atoms with Crippen molar-refractivity contribution in [2.24, 2.45) is 5.92 Å². The quantitative estimate of drug-likeness (QED) is 0.767. The molecule has 0 aliphatic heterocycles. The molecule has 1 unspecified atom stereocenters. The number of hydrogen-bond donors (Lipinski definition) is 2. The molecule has 78 valence electrons. The number of H-pyrrole nitrogens is 1. The summed E-state index contributed by atoms with van der Waals surface area (Å²) in [6.45, 7) is 2.26. The third-order valence-electron chi connectivity index (χ3n) is 3.48. The Bertz CT molecular complexity index is 496. The summed E-state index contributed by atoms with van der Waals surface area (Å²) in [4.78, 5) is 3.40. The fourth-order valence-corrected chi connectivity index (χ4v) is 2.26. The molecule has 3 rings (SSSR count). The Morgan fingerprint density at radius 2 is 2.20 bits per heavy atom. The third kappa shape index (κ3) is 1.41. The predicted molar refractivity (Wildman–Crippen MR) is 61.1 cm³/mol. The van der Waals surface area contributed by atoms with E-state index in [4.69, 9.17) is 0 Å². The fraction of sp³-hybridized carbons (Fsp3) is 0.385. The van der Waals surface area contributed by atoms with Gasteiger partial charge < -0.3 is 10.1 Å². The van der Waals surface area contributed by atoms with Gasteiger partial charge in [0.25, 0.3) is 0 Å². The largest absolute Gasteiger partial charge is 0.507 e. The van der Waals surface area contributed by atoms with Crippen LogP contribution in [0.1, 0.15) is 31.4 Å². The minimum atomic E-state index is 0.373. The van der Waals surface area contributed by atoms with Gasteiger partial charge in [-0.05, 0) is 42.9 Å². The second-order valence-electron chi connectivity index (χ2n) is 4.59. The summed E-state index contributed by atoms with van der Waals surface area (Å²) in [6.07, 6.45) is 2.70. The topological polar surface area (TPSA) is 36.0 Å². The Labute approximate surface area is 88.9 Å². The molecule has 2 heteroatoms. The molecule has 2 nitrogen and oxygen atoms in total. The summed E-state index contributed by atoms with van der Waals surface area (Å²) in [5.74, 6) is 1.81. The highest BCUT2D eigenvalue weighted by atomic mass is 16.3. The molecule has 1 aromatic carbocycles. The van der Waals surface area contributed by atoms with E-state index in [1.54, 1.807) is 6.07 Å². The van der Waals surface area contributed by atoms with E-state index in [9.17, 15) is 5.11 Å². The van der Waals surface area contributed by atoms with Crippen LogP contribution in [0.4, 0.5) is 0 Å². The highest BCUT2D eigenvalue weighted by Crippen LogP contribution is 2.43. The SMILES string of the molecule is CC(c1cc2c(O)cccc2[nH]1)C1CC1. The monoisotopic (exact) mass is 201 g/mol. The lowest BCUT2D eigenvalue weighted by Crippen LogP contribution is -1.94. The number of aromatic nitrogens is 1. The van der Waals surface area contributed by atoms with Crippen LogP contribution in [0, 0.1) is 5.92 Å². The van der Waals surface area contributed by atoms with E-state index in [-0.39, 0.29) is 0 Å². The molecule has 1 saturated carbocycles. The average molecular weight is 201 g/mol. The number of fused-ring (bicyclic) bond motifs is 1.